The summed E-state index contributed by atoms with van der Waals surface area (Å²) in [6.45, 7) is 4.39. The fraction of sp³-hybridized carbons (Fsp3) is 0.206. The summed E-state index contributed by atoms with van der Waals surface area (Å²) in [5.41, 5.74) is 17.4. The van der Waals surface area contributed by atoms with Crippen molar-refractivity contribution in [3.05, 3.63) is 226 Å². The van der Waals surface area contributed by atoms with Crippen LogP contribution in [-0.2, 0) is 6.42 Å². The Balaban J connectivity index is 0.959. The van der Waals surface area contributed by atoms with Crippen LogP contribution >= 0.6 is 0 Å². The van der Waals surface area contributed by atoms with Crippen molar-refractivity contribution < 1.29 is 0 Å². The first kappa shape index (κ1) is 40.0. The Morgan fingerprint density at radius 3 is 2.30 bits per heavy atom. The van der Waals surface area contributed by atoms with Crippen LogP contribution < -0.4 is 0 Å². The van der Waals surface area contributed by atoms with Crippen molar-refractivity contribution >= 4 is 66.7 Å². The predicted molar refractivity (Wildman–Crippen MR) is 281 cm³/mol. The van der Waals surface area contributed by atoms with Gasteiger partial charge in [-0.3, -0.25) is 4.99 Å². The molecule has 4 aliphatic carbocycles. The zero-order valence-corrected chi connectivity index (χ0v) is 38.4. The van der Waals surface area contributed by atoms with Crippen LogP contribution in [0.2, 0.25) is 0 Å². The number of likely N-dealkylation sites (tertiary alicyclic amines) is 1. The largest absolute Gasteiger partial charge is 0.344 e. The Hall–Kier alpha value is -7.30. The molecule has 4 unspecified atom stereocenters. The Morgan fingerprint density at radius 1 is 0.672 bits per heavy atom. The number of rotatable bonds is 6. The summed E-state index contributed by atoms with van der Waals surface area (Å²) in [6.07, 6.45) is 17.2. The van der Waals surface area contributed by atoms with Gasteiger partial charge >= 0.3 is 0 Å². The van der Waals surface area contributed by atoms with Crippen LogP contribution in [0.5, 0.6) is 0 Å². The molecule has 1 aromatic heterocycles. The number of hydrogen-bond acceptors (Lipinski definition) is 2. The summed E-state index contributed by atoms with van der Waals surface area (Å²) in [5, 5.41) is 7.71. The zero-order chi connectivity index (χ0) is 44.6. The van der Waals surface area contributed by atoms with E-state index in [1.807, 2.05) is 0 Å². The van der Waals surface area contributed by atoms with Gasteiger partial charge in [-0.2, -0.15) is 0 Å². The summed E-state index contributed by atoms with van der Waals surface area (Å²) >= 11 is 0. The lowest BCUT2D eigenvalue weighted by Gasteiger charge is -2.39. The highest BCUT2D eigenvalue weighted by molar-refractivity contribution is 6.17. The van der Waals surface area contributed by atoms with Crippen molar-refractivity contribution in [1.29, 1.82) is 0 Å². The monoisotopic (exact) mass is 866 g/mol. The predicted octanol–water partition coefficient (Wildman–Crippen LogP) is 15.6. The van der Waals surface area contributed by atoms with E-state index < -0.39 is 0 Å². The standard InChI is InChI=1S/C63H54N4/c1-40(42-17-4-3-5-18-42)64-63(65-41(2)49-29-16-24-43-19-10-11-25-50(43)49)54-32-34-59(52-27-13-12-26-51(52)54)67-60-33-31-48(39-57(60)56-36-45-21-7-9-23-47(45)38-62(56)67)66-58-30-15-14-28-53(58)55-35-44-20-6-8-22-46(44)37-61(55)66/h3-12,14-26,28-30,35,37-40,56-57,60H,13,27,31-34,36H2,1-2H3/b64-63-,65-41+. The van der Waals surface area contributed by atoms with Gasteiger partial charge in [-0.15, -0.1) is 0 Å². The Morgan fingerprint density at radius 2 is 1.42 bits per heavy atom. The summed E-state index contributed by atoms with van der Waals surface area (Å²) in [4.78, 5) is 14.0. The highest BCUT2D eigenvalue weighted by atomic mass is 15.2. The zero-order valence-electron chi connectivity index (χ0n) is 38.4. The van der Waals surface area contributed by atoms with Crippen LogP contribution in [0.1, 0.15) is 80.7 Å². The third kappa shape index (κ3) is 6.71. The summed E-state index contributed by atoms with van der Waals surface area (Å²) in [7, 11) is 0. The molecule has 2 heterocycles. The number of amidine groups is 1. The second kappa shape index (κ2) is 16.2. The first-order valence-corrected chi connectivity index (χ1v) is 24.6. The van der Waals surface area contributed by atoms with Gasteiger partial charge in [0.05, 0.1) is 17.1 Å². The van der Waals surface area contributed by atoms with Crippen molar-refractivity contribution in [2.24, 2.45) is 21.8 Å². The molecule has 5 aliphatic rings. The van der Waals surface area contributed by atoms with Gasteiger partial charge in [0.2, 0.25) is 0 Å². The van der Waals surface area contributed by atoms with Crippen LogP contribution in [0.4, 0.5) is 0 Å². The van der Waals surface area contributed by atoms with Crippen molar-refractivity contribution in [1.82, 2.24) is 9.47 Å². The number of allylic oxidation sites excluding steroid dienone is 7. The lowest BCUT2D eigenvalue weighted by Crippen LogP contribution is -2.35. The molecule has 0 saturated carbocycles. The summed E-state index contributed by atoms with van der Waals surface area (Å²) in [5.74, 6) is 1.66. The van der Waals surface area contributed by atoms with E-state index in [0.29, 0.717) is 17.9 Å². The minimum Gasteiger partial charge on any atom is -0.344 e. The van der Waals surface area contributed by atoms with Crippen LogP contribution in [0, 0.1) is 11.8 Å². The van der Waals surface area contributed by atoms with Gasteiger partial charge in [0, 0.05) is 62.6 Å². The highest BCUT2D eigenvalue weighted by Gasteiger charge is 2.49. The molecule has 1 aliphatic heterocycles. The molecule has 0 N–H and O–H groups in total. The second-order valence-electron chi connectivity index (χ2n) is 19.4. The summed E-state index contributed by atoms with van der Waals surface area (Å²) in [6, 6.07) is 58.2. The molecule has 1 fully saturated rings. The number of nitrogens with zero attached hydrogens (tertiary/aromatic N) is 4. The lowest BCUT2D eigenvalue weighted by atomic mass is 9.77. The van der Waals surface area contributed by atoms with Crippen molar-refractivity contribution in [3.63, 3.8) is 0 Å². The average molecular weight is 867 g/mol. The van der Waals surface area contributed by atoms with Crippen molar-refractivity contribution in [3.8, 4) is 0 Å². The van der Waals surface area contributed by atoms with Crippen molar-refractivity contribution in [2.75, 3.05) is 0 Å². The molecule has 0 spiro atoms. The molecule has 4 atom stereocenters. The maximum absolute atomic E-state index is 5.57. The fourth-order valence-corrected chi connectivity index (χ4v) is 12.5. The lowest BCUT2D eigenvalue weighted by molar-refractivity contribution is 0.289. The minimum atomic E-state index is -0.0428. The molecular formula is C63H54N4. The molecular weight excluding hydrogens is 813 g/mol. The van der Waals surface area contributed by atoms with E-state index in [-0.39, 0.29) is 6.04 Å². The Kier molecular flexibility index (Phi) is 9.70. The molecule has 0 bridgehead atoms. The van der Waals surface area contributed by atoms with Crippen LogP contribution in [0.25, 0.3) is 55.1 Å². The Bertz CT molecular complexity index is 3550. The summed E-state index contributed by atoms with van der Waals surface area (Å²) < 4.78 is 2.62. The SMILES string of the molecule is C/C(=N\C(=N/C(C)c1ccccc1)C1=C2C=CCCC2=C(N2C3=Cc4ccccc4CC3C3C=C(n4c5ccccc5c5cc6ccccc6cc54)CCC32)CC1)c1cccc2ccccc12. The third-order valence-electron chi connectivity index (χ3n) is 15.7. The molecule has 326 valence electrons. The number of aromatic nitrogens is 1. The van der Waals surface area contributed by atoms with Gasteiger partial charge in [0.15, 0.2) is 5.84 Å². The van der Waals surface area contributed by atoms with Crippen LogP contribution in [0.15, 0.2) is 214 Å². The van der Waals surface area contributed by atoms with Crippen LogP contribution in [-0.4, -0.2) is 27.1 Å². The first-order chi connectivity index (χ1) is 33.1. The van der Waals surface area contributed by atoms with E-state index in [1.54, 1.807) is 0 Å². The van der Waals surface area contributed by atoms with E-state index in [0.717, 1.165) is 62.1 Å². The average Bonchev–Trinajstić information content (AvgIpc) is 3.87. The molecule has 4 nitrogen and oxygen atoms in total. The van der Waals surface area contributed by atoms with Gasteiger partial charge < -0.3 is 9.47 Å². The van der Waals surface area contributed by atoms with E-state index in [4.69, 9.17) is 9.98 Å². The molecule has 4 heteroatoms. The topological polar surface area (TPSA) is 32.9 Å². The van der Waals surface area contributed by atoms with Crippen LogP contribution in [0.3, 0.4) is 0 Å². The van der Waals surface area contributed by atoms with E-state index in [9.17, 15) is 0 Å². The molecule has 1 saturated heterocycles. The number of hydrogen-bond donors (Lipinski definition) is 0. The third-order valence-corrected chi connectivity index (χ3v) is 15.7. The van der Waals surface area contributed by atoms with Crippen molar-refractivity contribution in [2.45, 2.75) is 70.9 Å². The van der Waals surface area contributed by atoms with Gasteiger partial charge in [-0.05, 0) is 132 Å². The number of benzene rings is 7. The van der Waals surface area contributed by atoms with Gasteiger partial charge in [0.1, 0.15) is 0 Å². The normalized spacial score (nSPS) is 21.1. The molecule has 0 amide bonds. The van der Waals surface area contributed by atoms with Gasteiger partial charge in [-0.1, -0.05) is 158 Å². The molecule has 8 aromatic rings. The van der Waals surface area contributed by atoms with Gasteiger partial charge in [0.25, 0.3) is 0 Å². The molecule has 67 heavy (non-hydrogen) atoms. The molecule has 13 rings (SSSR count). The minimum absolute atomic E-state index is 0.0428. The van der Waals surface area contributed by atoms with E-state index >= 15 is 0 Å². The molecule has 7 aromatic carbocycles. The number of aliphatic imine (C=N–C) groups is 2. The van der Waals surface area contributed by atoms with Gasteiger partial charge in [-0.25, -0.2) is 4.99 Å². The van der Waals surface area contributed by atoms with E-state index in [1.165, 1.54) is 93.9 Å². The maximum atomic E-state index is 5.57. The smallest absolute Gasteiger partial charge is 0.151 e. The molecule has 0 radical (unpaired) electrons. The highest BCUT2D eigenvalue weighted by Crippen LogP contribution is 2.54. The maximum Gasteiger partial charge on any atom is 0.151 e. The van der Waals surface area contributed by atoms with E-state index in [2.05, 4.69) is 205 Å². The second-order valence-corrected chi connectivity index (χ2v) is 19.4. The number of para-hydroxylation sites is 1. The first-order valence-electron chi connectivity index (χ1n) is 24.6. The number of fused-ring (bicyclic) bond motifs is 10. The quantitative estimate of drug-likeness (QED) is 0.121. The Labute approximate surface area is 393 Å². The fourth-order valence-electron chi connectivity index (χ4n) is 12.5.